The standard InChI is InChI=1S/C12H12N4O2S/c13-15-12-6-5-9(7-14-12)8-19-11-4-2-1-3-10(11)16(17)18/h1-7H,8,13H2,(H,14,15). The maximum Gasteiger partial charge on any atom is 0.282 e. The number of hydrogen-bond donors (Lipinski definition) is 2. The number of nitrogens with zero attached hydrogens (tertiary/aromatic N) is 2. The summed E-state index contributed by atoms with van der Waals surface area (Å²) in [6.07, 6.45) is 1.69. The Labute approximate surface area is 114 Å². The summed E-state index contributed by atoms with van der Waals surface area (Å²) in [5, 5.41) is 10.9. The Bertz CT molecular complexity index is 574. The van der Waals surface area contributed by atoms with Crippen molar-refractivity contribution in [1.29, 1.82) is 0 Å². The van der Waals surface area contributed by atoms with Crippen molar-refractivity contribution in [2.24, 2.45) is 5.84 Å². The van der Waals surface area contributed by atoms with Gasteiger partial charge in [-0.2, -0.15) is 0 Å². The van der Waals surface area contributed by atoms with E-state index in [1.165, 1.54) is 17.8 Å². The number of thioether (sulfide) groups is 1. The van der Waals surface area contributed by atoms with Gasteiger partial charge in [0.25, 0.3) is 5.69 Å². The van der Waals surface area contributed by atoms with Crippen LogP contribution in [0.15, 0.2) is 47.5 Å². The van der Waals surface area contributed by atoms with Crippen molar-refractivity contribution in [2.45, 2.75) is 10.6 Å². The fraction of sp³-hybridized carbons (Fsp3) is 0.0833. The quantitative estimate of drug-likeness (QED) is 0.377. The fourth-order valence-corrected chi connectivity index (χ4v) is 2.44. The van der Waals surface area contributed by atoms with Gasteiger partial charge in [0.2, 0.25) is 0 Å². The molecule has 7 heteroatoms. The highest BCUT2D eigenvalue weighted by molar-refractivity contribution is 7.98. The van der Waals surface area contributed by atoms with Crippen molar-refractivity contribution in [3.05, 3.63) is 58.3 Å². The molecule has 0 aliphatic heterocycles. The molecule has 0 bridgehead atoms. The van der Waals surface area contributed by atoms with E-state index in [4.69, 9.17) is 5.84 Å². The number of nitrogens with two attached hydrogens (primary N) is 1. The molecule has 1 heterocycles. The Kier molecular flexibility index (Phi) is 4.32. The Morgan fingerprint density at radius 2 is 2.11 bits per heavy atom. The van der Waals surface area contributed by atoms with Crippen LogP contribution in [-0.4, -0.2) is 9.91 Å². The lowest BCUT2D eigenvalue weighted by atomic mass is 10.3. The molecule has 0 radical (unpaired) electrons. The van der Waals surface area contributed by atoms with Gasteiger partial charge in [-0.1, -0.05) is 18.2 Å². The smallest absolute Gasteiger partial charge is 0.282 e. The number of aromatic nitrogens is 1. The number of benzene rings is 1. The Balaban J connectivity index is 2.07. The van der Waals surface area contributed by atoms with Crippen LogP contribution in [0.1, 0.15) is 5.56 Å². The van der Waals surface area contributed by atoms with E-state index in [2.05, 4.69) is 10.4 Å². The van der Waals surface area contributed by atoms with Gasteiger partial charge in [-0.05, 0) is 17.7 Å². The van der Waals surface area contributed by atoms with E-state index in [1.54, 1.807) is 30.5 Å². The predicted octanol–water partition coefficient (Wildman–Crippen LogP) is 2.57. The van der Waals surface area contributed by atoms with Gasteiger partial charge >= 0.3 is 0 Å². The molecule has 0 saturated heterocycles. The summed E-state index contributed by atoms with van der Waals surface area (Å²) in [4.78, 5) is 15.2. The number of hydrogen-bond acceptors (Lipinski definition) is 6. The van der Waals surface area contributed by atoms with Gasteiger partial charge < -0.3 is 5.43 Å². The van der Waals surface area contributed by atoms with Crippen molar-refractivity contribution >= 4 is 23.3 Å². The van der Waals surface area contributed by atoms with Gasteiger partial charge in [-0.3, -0.25) is 10.1 Å². The fourth-order valence-electron chi connectivity index (χ4n) is 1.49. The van der Waals surface area contributed by atoms with Crippen LogP contribution in [0.2, 0.25) is 0 Å². The molecule has 1 aromatic heterocycles. The van der Waals surface area contributed by atoms with Crippen LogP contribution < -0.4 is 11.3 Å². The number of nitro groups is 1. The maximum atomic E-state index is 10.9. The molecule has 0 amide bonds. The van der Waals surface area contributed by atoms with Crippen LogP contribution in [0, 0.1) is 10.1 Å². The number of pyridine rings is 1. The van der Waals surface area contributed by atoms with Crippen molar-refractivity contribution in [1.82, 2.24) is 4.98 Å². The van der Waals surface area contributed by atoms with Crippen molar-refractivity contribution in [2.75, 3.05) is 5.43 Å². The van der Waals surface area contributed by atoms with Crippen molar-refractivity contribution in [3.63, 3.8) is 0 Å². The molecule has 1 aromatic carbocycles. The maximum absolute atomic E-state index is 10.9. The lowest BCUT2D eigenvalue weighted by Gasteiger charge is -2.04. The van der Waals surface area contributed by atoms with Gasteiger partial charge in [-0.25, -0.2) is 10.8 Å². The van der Waals surface area contributed by atoms with E-state index >= 15 is 0 Å². The van der Waals surface area contributed by atoms with Crippen molar-refractivity contribution in [3.8, 4) is 0 Å². The normalized spacial score (nSPS) is 10.2. The second-order valence-electron chi connectivity index (χ2n) is 3.71. The molecule has 2 aromatic rings. The minimum absolute atomic E-state index is 0.126. The van der Waals surface area contributed by atoms with E-state index < -0.39 is 0 Å². The van der Waals surface area contributed by atoms with E-state index in [0.29, 0.717) is 16.5 Å². The van der Waals surface area contributed by atoms with Gasteiger partial charge in [0.15, 0.2) is 0 Å². The molecule has 0 aliphatic carbocycles. The number of hydrazine groups is 1. The predicted molar refractivity (Wildman–Crippen MR) is 74.7 cm³/mol. The summed E-state index contributed by atoms with van der Waals surface area (Å²) in [5.41, 5.74) is 3.54. The first-order valence-electron chi connectivity index (χ1n) is 5.48. The highest BCUT2D eigenvalue weighted by Crippen LogP contribution is 2.30. The second-order valence-corrected chi connectivity index (χ2v) is 4.73. The molecule has 19 heavy (non-hydrogen) atoms. The van der Waals surface area contributed by atoms with Gasteiger partial charge in [0.1, 0.15) is 5.82 Å². The molecule has 0 saturated carbocycles. The number of nitro benzene ring substituents is 1. The molecule has 0 unspecified atom stereocenters. The third kappa shape index (κ3) is 3.43. The number of anilines is 1. The second kappa shape index (κ2) is 6.17. The molecule has 3 N–H and O–H groups in total. The molecule has 0 spiro atoms. The summed E-state index contributed by atoms with van der Waals surface area (Å²) >= 11 is 1.41. The number of nitrogen functional groups attached to an aromatic ring is 1. The van der Waals surface area contributed by atoms with Crippen LogP contribution in [-0.2, 0) is 5.75 Å². The van der Waals surface area contributed by atoms with Crippen molar-refractivity contribution < 1.29 is 4.92 Å². The zero-order chi connectivity index (χ0) is 13.7. The average molecular weight is 276 g/mol. The van der Waals surface area contributed by atoms with E-state index in [1.807, 2.05) is 6.07 Å². The monoisotopic (exact) mass is 276 g/mol. The SMILES string of the molecule is NNc1ccc(CSc2ccccc2[N+](=O)[O-])cn1. The third-order valence-electron chi connectivity index (χ3n) is 2.43. The first-order valence-corrected chi connectivity index (χ1v) is 6.47. The highest BCUT2D eigenvalue weighted by atomic mass is 32.2. The van der Waals surface area contributed by atoms with Gasteiger partial charge in [0.05, 0.1) is 9.82 Å². The van der Waals surface area contributed by atoms with Crippen LogP contribution in [0.5, 0.6) is 0 Å². The number of rotatable bonds is 5. The minimum atomic E-state index is -0.373. The molecule has 98 valence electrons. The van der Waals surface area contributed by atoms with Crippen LogP contribution >= 0.6 is 11.8 Å². The lowest BCUT2D eigenvalue weighted by molar-refractivity contribution is -0.387. The molecular weight excluding hydrogens is 264 g/mol. The summed E-state index contributed by atoms with van der Waals surface area (Å²) in [7, 11) is 0. The molecule has 2 rings (SSSR count). The minimum Gasteiger partial charge on any atom is -0.308 e. The zero-order valence-corrected chi connectivity index (χ0v) is 10.8. The van der Waals surface area contributed by atoms with Gasteiger partial charge in [-0.15, -0.1) is 11.8 Å². The largest absolute Gasteiger partial charge is 0.308 e. The van der Waals surface area contributed by atoms with E-state index in [-0.39, 0.29) is 10.6 Å². The lowest BCUT2D eigenvalue weighted by Crippen LogP contribution is -2.08. The van der Waals surface area contributed by atoms with Crippen LogP contribution in [0.4, 0.5) is 11.5 Å². The van der Waals surface area contributed by atoms with E-state index in [0.717, 1.165) is 5.56 Å². The Hall–Kier alpha value is -2.12. The average Bonchev–Trinajstić information content (AvgIpc) is 2.46. The highest BCUT2D eigenvalue weighted by Gasteiger charge is 2.12. The van der Waals surface area contributed by atoms with Gasteiger partial charge in [0, 0.05) is 18.0 Å². The van der Waals surface area contributed by atoms with Crippen LogP contribution in [0.3, 0.4) is 0 Å². The molecule has 0 fully saturated rings. The first kappa shape index (κ1) is 13.3. The summed E-state index contributed by atoms with van der Waals surface area (Å²) < 4.78 is 0. The summed E-state index contributed by atoms with van der Waals surface area (Å²) in [6, 6.07) is 10.3. The molecule has 0 atom stereocenters. The number of para-hydroxylation sites is 1. The topological polar surface area (TPSA) is 94.1 Å². The molecular formula is C12H12N4O2S. The van der Waals surface area contributed by atoms with E-state index in [9.17, 15) is 10.1 Å². The molecule has 6 nitrogen and oxygen atoms in total. The zero-order valence-electron chi connectivity index (χ0n) is 9.95. The Morgan fingerprint density at radius 3 is 2.74 bits per heavy atom. The summed E-state index contributed by atoms with van der Waals surface area (Å²) in [6.45, 7) is 0. The third-order valence-corrected chi connectivity index (χ3v) is 3.56. The first-order chi connectivity index (χ1) is 9.20. The Morgan fingerprint density at radius 1 is 1.32 bits per heavy atom. The van der Waals surface area contributed by atoms with Crippen LogP contribution in [0.25, 0.3) is 0 Å². The summed E-state index contributed by atoms with van der Waals surface area (Å²) in [5.74, 6) is 6.42. The molecule has 0 aliphatic rings. The number of nitrogens with one attached hydrogen (secondary N) is 1.